The standard InChI is InChI=1S/C15H21NO2/c1-16-10-8-13(9-11-16)15(18)7-6-12-4-2-3-5-14(12)17/h2-5,13,17H,6-11H2,1H3. The summed E-state index contributed by atoms with van der Waals surface area (Å²) >= 11 is 0. The normalized spacial score (nSPS) is 17.8. The summed E-state index contributed by atoms with van der Waals surface area (Å²) in [6.45, 7) is 2.04. The highest BCUT2D eigenvalue weighted by atomic mass is 16.3. The van der Waals surface area contributed by atoms with Gasteiger partial charge < -0.3 is 10.0 Å². The number of phenolic OH excluding ortho intramolecular Hbond substituents is 1. The van der Waals surface area contributed by atoms with Crippen LogP contribution < -0.4 is 0 Å². The van der Waals surface area contributed by atoms with Crippen LogP contribution in [0.15, 0.2) is 24.3 Å². The van der Waals surface area contributed by atoms with E-state index in [1.54, 1.807) is 12.1 Å². The molecule has 0 aliphatic carbocycles. The highest BCUT2D eigenvalue weighted by Crippen LogP contribution is 2.22. The van der Waals surface area contributed by atoms with Crippen LogP contribution in [0.2, 0.25) is 0 Å². The molecule has 1 aromatic rings. The number of aryl methyl sites for hydroxylation is 1. The van der Waals surface area contributed by atoms with Crippen molar-refractivity contribution >= 4 is 5.78 Å². The lowest BCUT2D eigenvalue weighted by atomic mass is 9.89. The van der Waals surface area contributed by atoms with Crippen molar-refractivity contribution in [2.45, 2.75) is 25.7 Å². The molecule has 1 aliphatic heterocycles. The lowest BCUT2D eigenvalue weighted by molar-refractivity contribution is -0.124. The summed E-state index contributed by atoms with van der Waals surface area (Å²) in [6, 6.07) is 7.26. The molecule has 0 aromatic heterocycles. The summed E-state index contributed by atoms with van der Waals surface area (Å²) in [5.41, 5.74) is 0.874. The van der Waals surface area contributed by atoms with Gasteiger partial charge in [0, 0.05) is 12.3 Å². The number of para-hydroxylation sites is 1. The van der Waals surface area contributed by atoms with Gasteiger partial charge in [-0.2, -0.15) is 0 Å². The van der Waals surface area contributed by atoms with E-state index in [0.29, 0.717) is 24.4 Å². The predicted octanol–water partition coefficient (Wildman–Crippen LogP) is 2.24. The maximum Gasteiger partial charge on any atom is 0.136 e. The number of benzene rings is 1. The Bertz CT molecular complexity index is 409. The van der Waals surface area contributed by atoms with E-state index in [4.69, 9.17) is 0 Å². The number of carbonyl (C=O) groups excluding carboxylic acids is 1. The van der Waals surface area contributed by atoms with Gasteiger partial charge in [0.15, 0.2) is 0 Å². The summed E-state index contributed by atoms with van der Waals surface area (Å²) in [5, 5.41) is 9.65. The van der Waals surface area contributed by atoms with Crippen LogP contribution in [-0.2, 0) is 11.2 Å². The Morgan fingerprint density at radius 2 is 2.00 bits per heavy atom. The molecule has 1 N–H and O–H groups in total. The van der Waals surface area contributed by atoms with Gasteiger partial charge in [0.05, 0.1) is 0 Å². The van der Waals surface area contributed by atoms with Gasteiger partial charge in [-0.25, -0.2) is 0 Å². The van der Waals surface area contributed by atoms with E-state index in [-0.39, 0.29) is 5.92 Å². The molecule has 0 bridgehead atoms. The fourth-order valence-electron chi connectivity index (χ4n) is 2.51. The first-order valence-corrected chi connectivity index (χ1v) is 6.65. The molecule has 0 amide bonds. The van der Waals surface area contributed by atoms with Crippen molar-refractivity contribution in [3.05, 3.63) is 29.8 Å². The fourth-order valence-corrected chi connectivity index (χ4v) is 2.51. The number of hydrogen-bond acceptors (Lipinski definition) is 3. The van der Waals surface area contributed by atoms with Crippen LogP contribution in [0, 0.1) is 5.92 Å². The maximum atomic E-state index is 12.1. The first kappa shape index (κ1) is 13.1. The Balaban J connectivity index is 1.83. The summed E-state index contributed by atoms with van der Waals surface area (Å²) in [5.74, 6) is 0.882. The van der Waals surface area contributed by atoms with Gasteiger partial charge in [0.25, 0.3) is 0 Å². The van der Waals surface area contributed by atoms with E-state index in [1.165, 1.54) is 0 Å². The summed E-state index contributed by atoms with van der Waals surface area (Å²) < 4.78 is 0. The van der Waals surface area contributed by atoms with E-state index < -0.39 is 0 Å². The summed E-state index contributed by atoms with van der Waals surface area (Å²) in [7, 11) is 2.10. The Kier molecular flexibility index (Phi) is 4.37. The van der Waals surface area contributed by atoms with Crippen LogP contribution in [0.4, 0.5) is 0 Å². The molecule has 1 aromatic carbocycles. The van der Waals surface area contributed by atoms with Crippen molar-refractivity contribution in [3.8, 4) is 5.75 Å². The Labute approximate surface area is 108 Å². The van der Waals surface area contributed by atoms with Crippen LogP contribution in [0.25, 0.3) is 0 Å². The molecule has 0 radical (unpaired) electrons. The van der Waals surface area contributed by atoms with Crippen molar-refractivity contribution in [2.75, 3.05) is 20.1 Å². The number of rotatable bonds is 4. The van der Waals surface area contributed by atoms with Crippen LogP contribution >= 0.6 is 0 Å². The number of piperidine rings is 1. The van der Waals surface area contributed by atoms with Gasteiger partial charge in [-0.05, 0) is 51.0 Å². The molecule has 1 aliphatic rings. The van der Waals surface area contributed by atoms with E-state index in [2.05, 4.69) is 11.9 Å². The monoisotopic (exact) mass is 247 g/mol. The third-order valence-corrected chi connectivity index (χ3v) is 3.81. The van der Waals surface area contributed by atoms with Gasteiger partial charge in [0.1, 0.15) is 11.5 Å². The largest absolute Gasteiger partial charge is 0.508 e. The Hall–Kier alpha value is -1.35. The minimum Gasteiger partial charge on any atom is -0.508 e. The molecular formula is C15H21NO2. The SMILES string of the molecule is CN1CCC(C(=O)CCc2ccccc2O)CC1. The van der Waals surface area contributed by atoms with E-state index in [1.807, 2.05) is 12.1 Å². The van der Waals surface area contributed by atoms with Gasteiger partial charge in [-0.1, -0.05) is 18.2 Å². The predicted molar refractivity (Wildman–Crippen MR) is 71.7 cm³/mol. The molecule has 3 heteroatoms. The van der Waals surface area contributed by atoms with Crippen molar-refractivity contribution in [1.29, 1.82) is 0 Å². The fraction of sp³-hybridized carbons (Fsp3) is 0.533. The van der Waals surface area contributed by atoms with Gasteiger partial charge >= 0.3 is 0 Å². The number of phenols is 1. The van der Waals surface area contributed by atoms with Gasteiger partial charge in [-0.3, -0.25) is 4.79 Å². The smallest absolute Gasteiger partial charge is 0.136 e. The van der Waals surface area contributed by atoms with Crippen molar-refractivity contribution in [3.63, 3.8) is 0 Å². The minimum atomic E-state index is 0.229. The van der Waals surface area contributed by atoms with E-state index in [9.17, 15) is 9.90 Å². The van der Waals surface area contributed by atoms with Crippen molar-refractivity contribution in [2.24, 2.45) is 5.92 Å². The zero-order chi connectivity index (χ0) is 13.0. The number of ketones is 1. The Morgan fingerprint density at radius 1 is 1.33 bits per heavy atom. The lowest BCUT2D eigenvalue weighted by Crippen LogP contribution is -2.33. The van der Waals surface area contributed by atoms with E-state index in [0.717, 1.165) is 31.5 Å². The van der Waals surface area contributed by atoms with Crippen LogP contribution in [0.1, 0.15) is 24.8 Å². The average Bonchev–Trinajstić information content (AvgIpc) is 2.38. The molecule has 0 saturated carbocycles. The zero-order valence-electron chi connectivity index (χ0n) is 10.9. The third-order valence-electron chi connectivity index (χ3n) is 3.81. The lowest BCUT2D eigenvalue weighted by Gasteiger charge is -2.28. The number of hydrogen-bond donors (Lipinski definition) is 1. The Morgan fingerprint density at radius 3 is 2.67 bits per heavy atom. The number of likely N-dealkylation sites (tertiary alicyclic amines) is 1. The molecule has 1 saturated heterocycles. The second-order valence-corrected chi connectivity index (χ2v) is 5.17. The van der Waals surface area contributed by atoms with Crippen LogP contribution in [0.5, 0.6) is 5.75 Å². The number of aromatic hydroxyl groups is 1. The number of carbonyl (C=O) groups is 1. The molecule has 18 heavy (non-hydrogen) atoms. The molecule has 0 atom stereocenters. The highest BCUT2D eigenvalue weighted by molar-refractivity contribution is 5.81. The number of nitrogens with zero attached hydrogens (tertiary/aromatic N) is 1. The molecular weight excluding hydrogens is 226 g/mol. The molecule has 1 fully saturated rings. The topological polar surface area (TPSA) is 40.5 Å². The first-order valence-electron chi connectivity index (χ1n) is 6.65. The first-order chi connectivity index (χ1) is 8.66. The highest BCUT2D eigenvalue weighted by Gasteiger charge is 2.22. The van der Waals surface area contributed by atoms with Gasteiger partial charge in [-0.15, -0.1) is 0 Å². The van der Waals surface area contributed by atoms with Crippen LogP contribution in [0.3, 0.4) is 0 Å². The second-order valence-electron chi connectivity index (χ2n) is 5.17. The molecule has 98 valence electrons. The quantitative estimate of drug-likeness (QED) is 0.887. The second kappa shape index (κ2) is 6.01. The molecule has 0 unspecified atom stereocenters. The molecule has 2 rings (SSSR count). The third kappa shape index (κ3) is 3.33. The minimum absolute atomic E-state index is 0.229. The summed E-state index contributed by atoms with van der Waals surface area (Å²) in [4.78, 5) is 14.4. The summed E-state index contributed by atoms with van der Waals surface area (Å²) in [6.07, 6.45) is 3.16. The van der Waals surface area contributed by atoms with E-state index >= 15 is 0 Å². The number of Topliss-reactive ketones (excluding diaryl/α,β-unsaturated/α-hetero) is 1. The van der Waals surface area contributed by atoms with Crippen LogP contribution in [-0.4, -0.2) is 35.9 Å². The average molecular weight is 247 g/mol. The molecule has 1 heterocycles. The molecule has 3 nitrogen and oxygen atoms in total. The zero-order valence-corrected chi connectivity index (χ0v) is 10.9. The molecule has 0 spiro atoms. The maximum absolute atomic E-state index is 12.1. The van der Waals surface area contributed by atoms with Gasteiger partial charge in [0.2, 0.25) is 0 Å². The van der Waals surface area contributed by atoms with Crippen molar-refractivity contribution in [1.82, 2.24) is 4.90 Å². The van der Waals surface area contributed by atoms with Crippen molar-refractivity contribution < 1.29 is 9.90 Å².